The molecule has 0 heterocycles. The summed E-state index contributed by atoms with van der Waals surface area (Å²) in [6, 6.07) is 9.41. The maximum atomic E-state index is 13.7. The third-order valence-corrected chi connectivity index (χ3v) is 3.34. The molecule has 0 amide bonds. The van der Waals surface area contributed by atoms with Crippen LogP contribution in [0.2, 0.25) is 0 Å². The fraction of sp³-hybridized carbons (Fsp3) is 0.176. The van der Waals surface area contributed by atoms with Crippen molar-refractivity contribution >= 4 is 11.8 Å². The van der Waals surface area contributed by atoms with Crippen LogP contribution in [0.4, 0.5) is 8.78 Å². The predicted octanol–water partition coefficient (Wildman–Crippen LogP) is 3.93. The maximum absolute atomic E-state index is 13.7. The zero-order chi connectivity index (χ0) is 16.3. The minimum atomic E-state index is -1.04. The molecule has 0 bridgehead atoms. The third kappa shape index (κ3) is 3.55. The fourth-order valence-corrected chi connectivity index (χ4v) is 2.18. The minimum absolute atomic E-state index is 0.235. The molecule has 0 aliphatic heterocycles. The molecule has 1 unspecified atom stereocenters. The quantitative estimate of drug-likeness (QED) is 0.852. The van der Waals surface area contributed by atoms with Crippen molar-refractivity contribution in [2.75, 3.05) is 0 Å². The van der Waals surface area contributed by atoms with Crippen LogP contribution in [0.5, 0.6) is 0 Å². The number of carbonyl (C=O) groups excluding carboxylic acids is 1. The van der Waals surface area contributed by atoms with E-state index in [2.05, 4.69) is 0 Å². The first-order valence-corrected chi connectivity index (χ1v) is 6.70. The van der Waals surface area contributed by atoms with Crippen molar-refractivity contribution in [3.8, 4) is 11.1 Å². The molecule has 114 valence electrons. The first kappa shape index (κ1) is 15.8. The summed E-state index contributed by atoms with van der Waals surface area (Å²) in [5.74, 6) is -3.29. The molecule has 2 aromatic rings. The number of carboxylic acids is 1. The van der Waals surface area contributed by atoms with Crippen LogP contribution in [-0.4, -0.2) is 16.9 Å². The first-order valence-electron chi connectivity index (χ1n) is 6.70. The molecule has 2 aromatic carbocycles. The monoisotopic (exact) mass is 304 g/mol. The van der Waals surface area contributed by atoms with Gasteiger partial charge in [0.15, 0.2) is 5.78 Å². The number of hydrogen-bond donors (Lipinski definition) is 1. The van der Waals surface area contributed by atoms with Crippen molar-refractivity contribution in [2.45, 2.75) is 13.3 Å². The summed E-state index contributed by atoms with van der Waals surface area (Å²) in [4.78, 5) is 22.7. The standard InChI is InChI=1S/C17H14F2O3/c1-10(8-16(20)21)17(22)12-4-2-11(3-5-12)14-7-6-13(18)9-15(14)19/h2-7,9-10H,8H2,1H3,(H,20,21). The highest BCUT2D eigenvalue weighted by Crippen LogP contribution is 2.24. The zero-order valence-electron chi connectivity index (χ0n) is 11.8. The van der Waals surface area contributed by atoms with Crippen LogP contribution >= 0.6 is 0 Å². The molecule has 1 N–H and O–H groups in total. The Kier molecular flexibility index (Phi) is 4.65. The predicted molar refractivity (Wildman–Crippen MR) is 77.5 cm³/mol. The summed E-state index contributed by atoms with van der Waals surface area (Å²) in [6.45, 7) is 1.55. The molecular formula is C17H14F2O3. The van der Waals surface area contributed by atoms with Crippen LogP contribution < -0.4 is 0 Å². The van der Waals surface area contributed by atoms with Crippen molar-refractivity contribution in [2.24, 2.45) is 5.92 Å². The van der Waals surface area contributed by atoms with E-state index in [9.17, 15) is 18.4 Å². The Morgan fingerprint density at radius 1 is 1.09 bits per heavy atom. The molecule has 0 spiro atoms. The van der Waals surface area contributed by atoms with Gasteiger partial charge in [-0.25, -0.2) is 8.78 Å². The lowest BCUT2D eigenvalue weighted by Gasteiger charge is -2.09. The summed E-state index contributed by atoms with van der Waals surface area (Å²) in [5, 5.41) is 8.70. The van der Waals surface area contributed by atoms with Gasteiger partial charge in [-0.3, -0.25) is 9.59 Å². The van der Waals surface area contributed by atoms with Crippen LogP contribution in [0.1, 0.15) is 23.7 Å². The van der Waals surface area contributed by atoms with Crippen LogP contribution in [-0.2, 0) is 4.79 Å². The Hall–Kier alpha value is -2.56. The molecule has 0 saturated carbocycles. The number of halogens is 2. The molecule has 0 fully saturated rings. The Bertz CT molecular complexity index is 708. The van der Waals surface area contributed by atoms with E-state index in [-0.39, 0.29) is 17.8 Å². The smallest absolute Gasteiger partial charge is 0.304 e. The molecule has 0 aliphatic rings. The molecule has 3 nitrogen and oxygen atoms in total. The van der Waals surface area contributed by atoms with E-state index in [1.54, 1.807) is 19.1 Å². The molecule has 0 radical (unpaired) electrons. The van der Waals surface area contributed by atoms with Crippen LogP contribution in [0.25, 0.3) is 11.1 Å². The van der Waals surface area contributed by atoms with Crippen molar-refractivity contribution in [1.29, 1.82) is 0 Å². The van der Waals surface area contributed by atoms with Gasteiger partial charge in [-0.05, 0) is 17.7 Å². The highest BCUT2D eigenvalue weighted by Gasteiger charge is 2.18. The lowest BCUT2D eigenvalue weighted by Crippen LogP contribution is -2.15. The maximum Gasteiger partial charge on any atom is 0.304 e. The summed E-state index contributed by atoms with van der Waals surface area (Å²) in [6.07, 6.45) is -0.243. The molecular weight excluding hydrogens is 290 g/mol. The first-order chi connectivity index (χ1) is 10.4. The fourth-order valence-electron chi connectivity index (χ4n) is 2.18. The van der Waals surface area contributed by atoms with Crippen LogP contribution in [0, 0.1) is 17.6 Å². The summed E-state index contributed by atoms with van der Waals surface area (Å²) < 4.78 is 26.6. The number of aliphatic carboxylic acids is 1. The van der Waals surface area contributed by atoms with Gasteiger partial charge >= 0.3 is 5.97 Å². The lowest BCUT2D eigenvalue weighted by atomic mass is 9.95. The number of ketones is 1. The highest BCUT2D eigenvalue weighted by molar-refractivity contribution is 5.99. The third-order valence-electron chi connectivity index (χ3n) is 3.34. The van der Waals surface area contributed by atoms with E-state index in [1.165, 1.54) is 18.2 Å². The molecule has 0 aliphatic carbocycles. The number of hydrogen-bond acceptors (Lipinski definition) is 2. The van der Waals surface area contributed by atoms with E-state index >= 15 is 0 Å². The topological polar surface area (TPSA) is 54.4 Å². The Morgan fingerprint density at radius 2 is 1.73 bits per heavy atom. The molecule has 22 heavy (non-hydrogen) atoms. The van der Waals surface area contributed by atoms with Gasteiger partial charge in [0.25, 0.3) is 0 Å². The number of carboxylic acid groups (broad SMARTS) is 1. The van der Waals surface area contributed by atoms with Crippen LogP contribution in [0.15, 0.2) is 42.5 Å². The molecule has 0 aromatic heterocycles. The van der Waals surface area contributed by atoms with Gasteiger partial charge in [-0.1, -0.05) is 31.2 Å². The number of benzene rings is 2. The summed E-state index contributed by atoms with van der Waals surface area (Å²) >= 11 is 0. The number of carbonyl (C=O) groups is 2. The highest BCUT2D eigenvalue weighted by atomic mass is 19.1. The van der Waals surface area contributed by atoms with E-state index in [0.29, 0.717) is 11.1 Å². The molecule has 2 rings (SSSR count). The van der Waals surface area contributed by atoms with Gasteiger partial charge in [0.1, 0.15) is 11.6 Å². The number of Topliss-reactive ketones (excluding diaryl/α,β-unsaturated/α-hetero) is 1. The summed E-state index contributed by atoms with van der Waals surface area (Å²) in [5.41, 5.74) is 1.11. The van der Waals surface area contributed by atoms with E-state index in [0.717, 1.165) is 12.1 Å². The van der Waals surface area contributed by atoms with Gasteiger partial charge in [0.05, 0.1) is 6.42 Å². The molecule has 5 heteroatoms. The summed E-state index contributed by atoms with van der Waals surface area (Å²) in [7, 11) is 0. The second-order valence-corrected chi connectivity index (χ2v) is 5.06. The SMILES string of the molecule is CC(CC(=O)O)C(=O)c1ccc(-c2ccc(F)cc2F)cc1. The van der Waals surface area contributed by atoms with E-state index in [1.807, 2.05) is 0 Å². The second-order valence-electron chi connectivity index (χ2n) is 5.06. The number of rotatable bonds is 5. The largest absolute Gasteiger partial charge is 0.481 e. The van der Waals surface area contributed by atoms with Gasteiger partial charge in [-0.15, -0.1) is 0 Å². The lowest BCUT2D eigenvalue weighted by molar-refractivity contribution is -0.137. The van der Waals surface area contributed by atoms with Crippen molar-refractivity contribution < 1.29 is 23.5 Å². The average Bonchev–Trinajstić information content (AvgIpc) is 2.46. The van der Waals surface area contributed by atoms with Gasteiger partial charge in [0, 0.05) is 23.1 Å². The Balaban J connectivity index is 2.23. The average molecular weight is 304 g/mol. The normalized spacial score (nSPS) is 12.0. The van der Waals surface area contributed by atoms with Crippen molar-refractivity contribution in [1.82, 2.24) is 0 Å². The Labute approximate surface area is 126 Å². The molecule has 0 saturated heterocycles. The van der Waals surface area contributed by atoms with Gasteiger partial charge in [0.2, 0.25) is 0 Å². The molecule has 1 atom stereocenters. The zero-order valence-corrected chi connectivity index (χ0v) is 11.8. The minimum Gasteiger partial charge on any atom is -0.481 e. The van der Waals surface area contributed by atoms with Crippen molar-refractivity contribution in [3.63, 3.8) is 0 Å². The van der Waals surface area contributed by atoms with Crippen molar-refractivity contribution in [3.05, 3.63) is 59.7 Å². The Morgan fingerprint density at radius 3 is 2.27 bits per heavy atom. The van der Waals surface area contributed by atoms with Crippen LogP contribution in [0.3, 0.4) is 0 Å². The van der Waals surface area contributed by atoms with E-state index < -0.39 is 23.5 Å². The van der Waals surface area contributed by atoms with Gasteiger partial charge < -0.3 is 5.11 Å². The van der Waals surface area contributed by atoms with Gasteiger partial charge in [-0.2, -0.15) is 0 Å². The second kappa shape index (κ2) is 6.47. The van der Waals surface area contributed by atoms with E-state index in [4.69, 9.17) is 5.11 Å².